The van der Waals surface area contributed by atoms with Gasteiger partial charge in [-0.25, -0.2) is 28.4 Å². The summed E-state index contributed by atoms with van der Waals surface area (Å²) in [6, 6.07) is 17.1. The van der Waals surface area contributed by atoms with Crippen LogP contribution in [0.5, 0.6) is 5.75 Å². The maximum absolute atomic E-state index is 14.0. The lowest BCUT2D eigenvalue weighted by Crippen LogP contribution is -2.19. The van der Waals surface area contributed by atoms with Gasteiger partial charge in [-0.05, 0) is 59.7 Å². The van der Waals surface area contributed by atoms with Crippen molar-refractivity contribution in [3.8, 4) is 28.6 Å². The number of amides is 1. The van der Waals surface area contributed by atoms with Crippen molar-refractivity contribution in [2.24, 2.45) is 0 Å². The number of benzene rings is 2. The van der Waals surface area contributed by atoms with Crippen LogP contribution >= 0.6 is 0 Å². The second-order valence-electron chi connectivity index (χ2n) is 10.2. The Bertz CT molecular complexity index is 2060. The number of nitrogen functional groups attached to an aromatic ring is 1. The third-order valence-corrected chi connectivity index (χ3v) is 7.35. The van der Waals surface area contributed by atoms with Crippen LogP contribution in [0.4, 0.5) is 14.6 Å². The number of anilines is 1. The lowest BCUT2D eigenvalue weighted by Gasteiger charge is -2.12. The van der Waals surface area contributed by atoms with Gasteiger partial charge in [0.15, 0.2) is 23.6 Å². The summed E-state index contributed by atoms with van der Waals surface area (Å²) < 4.78 is 30.7. The number of alkyl halides is 1. The molecule has 1 aliphatic carbocycles. The number of hydrogen-bond acceptors (Lipinski definition) is 8. The van der Waals surface area contributed by atoms with E-state index in [0.717, 1.165) is 34.5 Å². The zero-order valence-electron chi connectivity index (χ0n) is 23.9. The molecule has 13 heteroatoms. The van der Waals surface area contributed by atoms with E-state index in [0.29, 0.717) is 47.8 Å². The Balaban J connectivity index is 0.000000216. The van der Waals surface area contributed by atoms with Crippen molar-refractivity contribution in [1.29, 1.82) is 0 Å². The molecule has 1 unspecified atom stereocenters. The molecule has 0 radical (unpaired) electrons. The number of hydrogen-bond donors (Lipinski definition) is 3. The molecule has 0 aliphatic heterocycles. The van der Waals surface area contributed by atoms with E-state index in [-0.39, 0.29) is 11.1 Å². The standard InChI is InChI=1S/C23H18FN7.C9H8FNO3/c24-16-11-14-4-5-17(13-15(14)12-16)31-22(18-3-1-8-26-21(18)25)28-19-6-7-20(29-23(19)31)30-10-2-9-27-30;1-11-9(14)6-2-5(4-12)8(13)3-7(6)10/h1-10,13,16H,11-12H2,(H2,25,26);2-4,13H,1H3,(H,11,14). The molecule has 1 aliphatic rings. The van der Waals surface area contributed by atoms with Crippen LogP contribution in [0.1, 0.15) is 31.8 Å². The number of pyridine rings is 2. The quantitative estimate of drug-likeness (QED) is 0.244. The number of phenols is 1. The summed E-state index contributed by atoms with van der Waals surface area (Å²) in [7, 11) is 1.34. The number of fused-ring (bicyclic) bond motifs is 2. The van der Waals surface area contributed by atoms with Crippen LogP contribution in [0.3, 0.4) is 0 Å². The van der Waals surface area contributed by atoms with E-state index in [9.17, 15) is 18.4 Å². The molecule has 11 nitrogen and oxygen atoms in total. The van der Waals surface area contributed by atoms with Gasteiger partial charge in [0.25, 0.3) is 5.91 Å². The third-order valence-electron chi connectivity index (χ3n) is 7.35. The zero-order valence-corrected chi connectivity index (χ0v) is 23.9. The van der Waals surface area contributed by atoms with Crippen LogP contribution in [-0.2, 0) is 12.8 Å². The van der Waals surface area contributed by atoms with Crippen molar-refractivity contribution < 1.29 is 23.5 Å². The molecule has 7 rings (SSSR count). The van der Waals surface area contributed by atoms with E-state index < -0.39 is 23.6 Å². The Kier molecular flexibility index (Phi) is 7.73. The van der Waals surface area contributed by atoms with Gasteiger partial charge in [-0.15, -0.1) is 0 Å². The molecule has 4 aromatic heterocycles. The molecule has 45 heavy (non-hydrogen) atoms. The number of nitrogens with one attached hydrogen (secondary N) is 1. The fourth-order valence-corrected chi connectivity index (χ4v) is 5.18. The third kappa shape index (κ3) is 5.58. The van der Waals surface area contributed by atoms with Gasteiger partial charge in [0.1, 0.15) is 29.1 Å². The van der Waals surface area contributed by atoms with Crippen LogP contribution in [0, 0.1) is 5.82 Å². The number of aldehydes is 1. The van der Waals surface area contributed by atoms with Gasteiger partial charge in [0, 0.05) is 50.2 Å². The van der Waals surface area contributed by atoms with Crippen LogP contribution in [0.15, 0.2) is 79.3 Å². The average molecular weight is 609 g/mol. The number of halogens is 2. The normalized spacial score (nSPS) is 13.6. The highest BCUT2D eigenvalue weighted by Gasteiger charge is 2.24. The predicted octanol–water partition coefficient (Wildman–Crippen LogP) is 4.39. The van der Waals surface area contributed by atoms with E-state index in [1.807, 2.05) is 59.3 Å². The number of aromatic hydroxyl groups is 1. The summed E-state index contributed by atoms with van der Waals surface area (Å²) in [5, 5.41) is 15.6. The van der Waals surface area contributed by atoms with Gasteiger partial charge < -0.3 is 16.2 Å². The Hall–Kier alpha value is -5.98. The fraction of sp³-hybridized carbons (Fsp3) is 0.125. The van der Waals surface area contributed by atoms with Gasteiger partial charge in [-0.2, -0.15) is 5.10 Å². The van der Waals surface area contributed by atoms with E-state index >= 15 is 0 Å². The van der Waals surface area contributed by atoms with Crippen molar-refractivity contribution in [2.75, 3.05) is 12.8 Å². The number of rotatable bonds is 5. The molecule has 0 saturated carbocycles. The van der Waals surface area contributed by atoms with Gasteiger partial charge >= 0.3 is 0 Å². The first-order chi connectivity index (χ1) is 21.8. The highest BCUT2D eigenvalue weighted by atomic mass is 19.1. The maximum Gasteiger partial charge on any atom is 0.254 e. The van der Waals surface area contributed by atoms with Crippen LogP contribution in [0.2, 0.25) is 0 Å². The minimum absolute atomic E-state index is 0.120. The monoisotopic (exact) mass is 608 g/mol. The predicted molar refractivity (Wildman–Crippen MR) is 163 cm³/mol. The first-order valence-electron chi connectivity index (χ1n) is 13.8. The molecule has 6 aromatic rings. The van der Waals surface area contributed by atoms with Crippen molar-refractivity contribution in [1.82, 2.24) is 34.6 Å². The Morgan fingerprint density at radius 2 is 1.89 bits per heavy atom. The summed E-state index contributed by atoms with van der Waals surface area (Å²) in [6.07, 6.45) is 5.60. The van der Waals surface area contributed by atoms with Gasteiger partial charge in [0.2, 0.25) is 0 Å². The molecule has 0 spiro atoms. The molecule has 0 bridgehead atoms. The van der Waals surface area contributed by atoms with E-state index in [2.05, 4.69) is 15.4 Å². The number of phenolic OH excluding ortho intramolecular Hbond substituents is 1. The van der Waals surface area contributed by atoms with Crippen LogP contribution < -0.4 is 11.1 Å². The van der Waals surface area contributed by atoms with Crippen molar-refractivity contribution in [3.63, 3.8) is 0 Å². The largest absolute Gasteiger partial charge is 0.507 e. The average Bonchev–Trinajstić information content (AvgIpc) is 3.79. The number of imidazole rings is 1. The number of nitrogens with zero attached hydrogens (tertiary/aromatic N) is 6. The van der Waals surface area contributed by atoms with Gasteiger partial charge in [-0.1, -0.05) is 6.07 Å². The van der Waals surface area contributed by atoms with Crippen molar-refractivity contribution >= 4 is 29.2 Å². The van der Waals surface area contributed by atoms with Crippen LogP contribution in [-0.4, -0.2) is 59.8 Å². The molecule has 2 aromatic carbocycles. The maximum atomic E-state index is 14.0. The minimum Gasteiger partial charge on any atom is -0.507 e. The molecule has 0 fully saturated rings. The first kappa shape index (κ1) is 29.1. The molecule has 4 N–H and O–H groups in total. The van der Waals surface area contributed by atoms with E-state index in [4.69, 9.17) is 20.8 Å². The Morgan fingerprint density at radius 3 is 2.62 bits per heavy atom. The summed E-state index contributed by atoms with van der Waals surface area (Å²) in [6.45, 7) is 0. The molecule has 1 atom stereocenters. The number of carbonyl (C=O) groups is 2. The summed E-state index contributed by atoms with van der Waals surface area (Å²) in [5.74, 6) is -0.297. The highest BCUT2D eigenvalue weighted by molar-refractivity contribution is 5.96. The van der Waals surface area contributed by atoms with Crippen molar-refractivity contribution in [3.05, 3.63) is 107 Å². The smallest absolute Gasteiger partial charge is 0.254 e. The number of nitrogens with two attached hydrogens (primary N) is 1. The fourth-order valence-electron chi connectivity index (χ4n) is 5.18. The summed E-state index contributed by atoms with van der Waals surface area (Å²) >= 11 is 0. The second-order valence-corrected chi connectivity index (χ2v) is 10.2. The Labute approximate surface area is 255 Å². The van der Waals surface area contributed by atoms with Gasteiger partial charge in [0.05, 0.1) is 16.7 Å². The topological polar surface area (TPSA) is 154 Å². The molecule has 226 valence electrons. The van der Waals surface area contributed by atoms with E-state index in [1.165, 1.54) is 7.05 Å². The lowest BCUT2D eigenvalue weighted by molar-refractivity contribution is 0.0959. The zero-order chi connectivity index (χ0) is 31.7. The first-order valence-corrected chi connectivity index (χ1v) is 13.8. The molecular formula is C32H26F2N8O3. The lowest BCUT2D eigenvalue weighted by atomic mass is 10.1. The van der Waals surface area contributed by atoms with E-state index in [1.54, 1.807) is 17.1 Å². The summed E-state index contributed by atoms with van der Waals surface area (Å²) in [4.78, 5) is 35.4. The van der Waals surface area contributed by atoms with Crippen molar-refractivity contribution in [2.45, 2.75) is 19.0 Å². The molecule has 4 heterocycles. The SMILES string of the molecule is CNC(=O)c1cc(C=O)c(O)cc1F.Nc1ncccc1-c1nc2ccc(-n3cccn3)nc2n1-c1ccc2c(c1)CC(F)C2. The highest BCUT2D eigenvalue weighted by Crippen LogP contribution is 2.33. The Morgan fingerprint density at radius 1 is 1.07 bits per heavy atom. The summed E-state index contributed by atoms with van der Waals surface area (Å²) in [5.41, 5.74) is 10.8. The molecular weight excluding hydrogens is 582 g/mol. The minimum atomic E-state index is -0.868. The molecule has 1 amide bonds. The number of carbonyl (C=O) groups excluding carboxylic acids is 2. The van der Waals surface area contributed by atoms with Gasteiger partial charge in [-0.3, -0.25) is 14.2 Å². The molecule has 0 saturated heterocycles. The second kappa shape index (κ2) is 12.0. The number of aromatic nitrogens is 6. The van der Waals surface area contributed by atoms with Crippen LogP contribution in [0.25, 0.3) is 34.1 Å².